The predicted molar refractivity (Wildman–Crippen MR) is 97.2 cm³/mol. The Kier molecular flexibility index (Phi) is 3.48. The van der Waals surface area contributed by atoms with Gasteiger partial charge in [-0.2, -0.15) is 0 Å². The molecule has 0 unspecified atom stereocenters. The van der Waals surface area contributed by atoms with E-state index in [0.29, 0.717) is 29.2 Å². The summed E-state index contributed by atoms with van der Waals surface area (Å²) in [6.45, 7) is 3.94. The molecule has 4 heteroatoms. The summed E-state index contributed by atoms with van der Waals surface area (Å²) >= 11 is 0. The molecule has 1 atom stereocenters. The zero-order valence-electron chi connectivity index (χ0n) is 15.9. The maximum absolute atomic E-state index is 14.9. The van der Waals surface area contributed by atoms with Gasteiger partial charge in [0.25, 0.3) is 0 Å². The van der Waals surface area contributed by atoms with Crippen molar-refractivity contribution in [3.8, 4) is 5.75 Å². The molecule has 4 bridgehead atoms. The van der Waals surface area contributed by atoms with Crippen molar-refractivity contribution in [2.75, 3.05) is 7.11 Å². The molecule has 0 aromatic heterocycles. The number of carbonyl (C=O) groups excluding carboxylic acids is 1. The summed E-state index contributed by atoms with van der Waals surface area (Å²) < 4.78 is 20.0. The fraction of sp³-hybridized carbons (Fsp3) is 0.682. The number of ether oxygens (including phenoxy) is 1. The molecule has 6 rings (SSSR count). The highest BCUT2D eigenvalue weighted by Gasteiger charge is 2.62. The average molecular weight is 357 g/mol. The number of carbonyl (C=O) groups is 1. The average Bonchev–Trinajstić information content (AvgIpc) is 2.60. The number of nitrogens with zero attached hydrogens (tertiary/aromatic N) is 1. The van der Waals surface area contributed by atoms with Gasteiger partial charge < -0.3 is 9.64 Å². The third-order valence-electron chi connectivity index (χ3n) is 7.75. The molecule has 1 aromatic rings. The van der Waals surface area contributed by atoms with E-state index in [1.165, 1.54) is 38.2 Å². The normalized spacial score (nSPS) is 39.8. The molecule has 1 amide bonds. The largest absolute Gasteiger partial charge is 0.497 e. The SMILES string of the molecule is COc1ccc([C@H]2N(C3C4CC5CC(C4)CC3C5)C(=O)C2(C)C)c(F)c1. The number of likely N-dealkylation sites (tertiary alicyclic amines) is 1. The van der Waals surface area contributed by atoms with Crippen molar-refractivity contribution >= 4 is 5.91 Å². The molecule has 5 aliphatic rings. The summed E-state index contributed by atoms with van der Waals surface area (Å²) in [7, 11) is 1.55. The van der Waals surface area contributed by atoms with E-state index in [4.69, 9.17) is 4.74 Å². The molecular formula is C22H28FNO2. The molecule has 0 radical (unpaired) electrons. The topological polar surface area (TPSA) is 29.5 Å². The Morgan fingerprint density at radius 2 is 1.69 bits per heavy atom. The van der Waals surface area contributed by atoms with Crippen molar-refractivity contribution in [2.45, 2.75) is 58.0 Å². The minimum absolute atomic E-state index is 0.163. The standard InChI is InChI=1S/C22H28FNO2/c1-22(2)20(17-5-4-16(26-3)11-18(17)23)24(21(22)25)19-14-7-12-6-13(9-14)10-15(19)8-12/h4-5,11-15,19-20H,6-10H2,1-3H3/t12?,13?,14?,15?,19?,20-/m1/s1. The summed E-state index contributed by atoms with van der Waals surface area (Å²) in [4.78, 5) is 15.2. The van der Waals surface area contributed by atoms with E-state index in [9.17, 15) is 9.18 Å². The maximum atomic E-state index is 14.9. The van der Waals surface area contributed by atoms with Crippen molar-refractivity contribution in [1.82, 2.24) is 4.90 Å². The first kappa shape index (κ1) is 16.6. The highest BCUT2D eigenvalue weighted by atomic mass is 19.1. The lowest BCUT2D eigenvalue weighted by Crippen LogP contribution is -2.69. The Bertz CT molecular complexity index is 731. The lowest BCUT2D eigenvalue weighted by atomic mass is 9.52. The number of amides is 1. The van der Waals surface area contributed by atoms with Crippen LogP contribution >= 0.6 is 0 Å². The van der Waals surface area contributed by atoms with E-state index < -0.39 is 5.41 Å². The van der Waals surface area contributed by atoms with Crippen LogP contribution in [0.3, 0.4) is 0 Å². The van der Waals surface area contributed by atoms with Crippen LogP contribution in [0.5, 0.6) is 5.75 Å². The van der Waals surface area contributed by atoms with E-state index in [-0.39, 0.29) is 17.8 Å². The monoisotopic (exact) mass is 357 g/mol. The fourth-order valence-electron chi connectivity index (χ4n) is 6.90. The van der Waals surface area contributed by atoms with E-state index in [1.807, 2.05) is 26.0 Å². The summed E-state index contributed by atoms with van der Waals surface area (Å²) in [6.07, 6.45) is 6.45. The van der Waals surface area contributed by atoms with Crippen LogP contribution in [0.4, 0.5) is 4.39 Å². The molecule has 3 nitrogen and oxygen atoms in total. The minimum Gasteiger partial charge on any atom is -0.497 e. The van der Waals surface area contributed by atoms with Crippen molar-refractivity contribution < 1.29 is 13.9 Å². The van der Waals surface area contributed by atoms with Crippen LogP contribution < -0.4 is 4.74 Å². The fourth-order valence-corrected chi connectivity index (χ4v) is 6.90. The molecule has 1 heterocycles. The van der Waals surface area contributed by atoms with Crippen molar-refractivity contribution in [1.29, 1.82) is 0 Å². The Hall–Kier alpha value is -1.58. The summed E-state index contributed by atoms with van der Waals surface area (Å²) in [5, 5.41) is 0. The Balaban J connectivity index is 1.51. The molecule has 4 aliphatic carbocycles. The van der Waals surface area contributed by atoms with E-state index in [2.05, 4.69) is 4.90 Å². The Labute approximate surface area is 154 Å². The Morgan fingerprint density at radius 3 is 2.23 bits per heavy atom. The smallest absolute Gasteiger partial charge is 0.231 e. The van der Waals surface area contributed by atoms with Gasteiger partial charge in [-0.15, -0.1) is 0 Å². The van der Waals surface area contributed by atoms with Gasteiger partial charge in [-0.3, -0.25) is 4.79 Å². The summed E-state index contributed by atoms with van der Waals surface area (Å²) in [5.74, 6) is 3.45. The van der Waals surface area contributed by atoms with Gasteiger partial charge >= 0.3 is 0 Å². The van der Waals surface area contributed by atoms with Gasteiger partial charge in [-0.25, -0.2) is 4.39 Å². The molecule has 140 valence electrons. The van der Waals surface area contributed by atoms with Gasteiger partial charge in [0.05, 0.1) is 18.6 Å². The second-order valence-electron chi connectivity index (χ2n) is 9.65. The first-order chi connectivity index (χ1) is 12.4. The number of β-lactam (4-membered cyclic amide) rings is 1. The number of rotatable bonds is 3. The van der Waals surface area contributed by atoms with Gasteiger partial charge in [-0.1, -0.05) is 6.07 Å². The number of hydrogen-bond donors (Lipinski definition) is 0. The number of methoxy groups -OCH3 is 1. The van der Waals surface area contributed by atoms with Crippen LogP contribution in [0, 0.1) is 34.9 Å². The van der Waals surface area contributed by atoms with Crippen LogP contribution in [-0.2, 0) is 4.79 Å². The lowest BCUT2D eigenvalue weighted by Gasteiger charge is -2.64. The molecule has 1 aliphatic heterocycles. The highest BCUT2D eigenvalue weighted by Crippen LogP contribution is 2.61. The van der Waals surface area contributed by atoms with Gasteiger partial charge in [0.15, 0.2) is 0 Å². The zero-order valence-corrected chi connectivity index (χ0v) is 15.9. The van der Waals surface area contributed by atoms with Crippen LogP contribution in [-0.4, -0.2) is 24.0 Å². The van der Waals surface area contributed by atoms with Crippen LogP contribution in [0.1, 0.15) is 57.6 Å². The third kappa shape index (κ3) is 2.13. The zero-order chi connectivity index (χ0) is 18.2. The van der Waals surface area contributed by atoms with Crippen molar-refractivity contribution in [3.05, 3.63) is 29.6 Å². The molecule has 0 N–H and O–H groups in total. The predicted octanol–water partition coefficient (Wildman–Crippen LogP) is 4.57. The van der Waals surface area contributed by atoms with Crippen LogP contribution in [0.25, 0.3) is 0 Å². The van der Waals surface area contributed by atoms with Gasteiger partial charge in [0, 0.05) is 17.7 Å². The van der Waals surface area contributed by atoms with E-state index in [1.54, 1.807) is 7.11 Å². The summed E-state index contributed by atoms with van der Waals surface area (Å²) in [5.41, 5.74) is 0.105. The molecule has 1 saturated heterocycles. The summed E-state index contributed by atoms with van der Waals surface area (Å²) in [6, 6.07) is 5.23. The number of hydrogen-bond acceptors (Lipinski definition) is 2. The number of halogens is 1. The van der Waals surface area contributed by atoms with Gasteiger partial charge in [-0.05, 0) is 75.7 Å². The van der Waals surface area contributed by atoms with Crippen molar-refractivity contribution in [2.24, 2.45) is 29.1 Å². The third-order valence-corrected chi connectivity index (χ3v) is 7.75. The highest BCUT2D eigenvalue weighted by molar-refractivity contribution is 5.90. The Morgan fingerprint density at radius 1 is 1.08 bits per heavy atom. The molecule has 26 heavy (non-hydrogen) atoms. The second-order valence-corrected chi connectivity index (χ2v) is 9.65. The van der Waals surface area contributed by atoms with E-state index >= 15 is 0 Å². The molecule has 0 spiro atoms. The minimum atomic E-state index is -0.538. The maximum Gasteiger partial charge on any atom is 0.231 e. The lowest BCUT2D eigenvalue weighted by molar-refractivity contribution is -0.192. The molecular weight excluding hydrogens is 329 g/mol. The van der Waals surface area contributed by atoms with Crippen molar-refractivity contribution in [3.63, 3.8) is 0 Å². The van der Waals surface area contributed by atoms with Crippen LogP contribution in [0.2, 0.25) is 0 Å². The van der Waals surface area contributed by atoms with Crippen LogP contribution in [0.15, 0.2) is 18.2 Å². The second kappa shape index (κ2) is 5.46. The first-order valence-electron chi connectivity index (χ1n) is 10.1. The molecule has 1 aromatic carbocycles. The number of benzene rings is 1. The van der Waals surface area contributed by atoms with Gasteiger partial charge in [0.2, 0.25) is 5.91 Å². The molecule has 5 fully saturated rings. The van der Waals surface area contributed by atoms with E-state index in [0.717, 1.165) is 11.8 Å². The first-order valence-corrected chi connectivity index (χ1v) is 10.1. The quantitative estimate of drug-likeness (QED) is 0.742. The van der Waals surface area contributed by atoms with Gasteiger partial charge in [0.1, 0.15) is 11.6 Å². The molecule has 4 saturated carbocycles.